The van der Waals surface area contributed by atoms with E-state index in [4.69, 9.17) is 0 Å². The van der Waals surface area contributed by atoms with Gasteiger partial charge in [-0.25, -0.2) is 0 Å². The van der Waals surface area contributed by atoms with Crippen molar-refractivity contribution in [3.63, 3.8) is 0 Å². The average molecular weight is 311 g/mol. The first-order valence-corrected chi connectivity index (χ1v) is 7.43. The highest BCUT2D eigenvalue weighted by Crippen LogP contribution is 2.33. The summed E-state index contributed by atoms with van der Waals surface area (Å²) in [5.74, 6) is 0. The molecule has 2 atom stereocenters. The molecule has 0 radical (unpaired) electrons. The first-order valence-electron chi connectivity index (χ1n) is 6.63. The van der Waals surface area contributed by atoms with Crippen LogP contribution in [-0.4, -0.2) is 37.1 Å². The van der Waals surface area contributed by atoms with Crippen LogP contribution in [0.5, 0.6) is 0 Å². The van der Waals surface area contributed by atoms with Crippen LogP contribution in [0, 0.1) is 13.8 Å². The lowest BCUT2D eigenvalue weighted by atomic mass is 10.0. The highest BCUT2D eigenvalue weighted by molar-refractivity contribution is 9.10. The predicted octanol–water partition coefficient (Wildman–Crippen LogP) is 3.59. The smallest absolute Gasteiger partial charge is 0.0541 e. The van der Waals surface area contributed by atoms with E-state index in [-0.39, 0.29) is 0 Å². The van der Waals surface area contributed by atoms with Gasteiger partial charge in [0, 0.05) is 29.6 Å². The first kappa shape index (κ1) is 13.9. The van der Waals surface area contributed by atoms with Gasteiger partial charge in [-0.2, -0.15) is 0 Å². The first-order chi connectivity index (χ1) is 8.40. The summed E-state index contributed by atoms with van der Waals surface area (Å²) in [6, 6.07) is 5.69. The van der Waals surface area contributed by atoms with Gasteiger partial charge in [0.15, 0.2) is 0 Å². The van der Waals surface area contributed by atoms with Crippen LogP contribution in [0.15, 0.2) is 16.6 Å². The lowest BCUT2D eigenvalue weighted by Crippen LogP contribution is -2.55. The highest BCUT2D eigenvalue weighted by Gasteiger charge is 2.28. The Balaban J connectivity index is 2.32. The van der Waals surface area contributed by atoms with Gasteiger partial charge in [-0.1, -0.05) is 6.07 Å². The molecule has 1 aliphatic rings. The number of piperazine rings is 1. The zero-order valence-corrected chi connectivity index (χ0v) is 13.6. The fraction of sp³-hybridized carbons (Fsp3) is 0.600. The zero-order chi connectivity index (χ0) is 13.4. The van der Waals surface area contributed by atoms with Crippen molar-refractivity contribution in [3.05, 3.63) is 27.7 Å². The topological polar surface area (TPSA) is 6.48 Å². The molecule has 1 saturated heterocycles. The highest BCUT2D eigenvalue weighted by atomic mass is 79.9. The van der Waals surface area contributed by atoms with Gasteiger partial charge in [-0.15, -0.1) is 0 Å². The number of hydrogen-bond acceptors (Lipinski definition) is 2. The van der Waals surface area contributed by atoms with E-state index in [1.54, 1.807) is 0 Å². The molecule has 1 aromatic carbocycles. The van der Waals surface area contributed by atoms with Gasteiger partial charge in [-0.05, 0) is 67.9 Å². The molecule has 0 amide bonds. The second kappa shape index (κ2) is 5.22. The van der Waals surface area contributed by atoms with E-state index in [1.165, 1.54) is 21.3 Å². The maximum atomic E-state index is 3.73. The Kier molecular flexibility index (Phi) is 4.02. The maximum absolute atomic E-state index is 3.73. The summed E-state index contributed by atoms with van der Waals surface area (Å²) in [4.78, 5) is 4.99. The predicted molar refractivity (Wildman–Crippen MR) is 82.5 cm³/mol. The molecule has 0 saturated carbocycles. The van der Waals surface area contributed by atoms with Gasteiger partial charge < -0.3 is 4.90 Å². The Bertz CT molecular complexity index is 409. The van der Waals surface area contributed by atoms with Crippen molar-refractivity contribution < 1.29 is 0 Å². The summed E-state index contributed by atoms with van der Waals surface area (Å²) in [6.45, 7) is 11.2. The summed E-state index contributed by atoms with van der Waals surface area (Å²) >= 11 is 3.73. The molecule has 2 rings (SSSR count). The monoisotopic (exact) mass is 310 g/mol. The number of rotatable bonds is 1. The second-order valence-corrected chi connectivity index (χ2v) is 6.54. The lowest BCUT2D eigenvalue weighted by molar-refractivity contribution is 0.170. The third-order valence-electron chi connectivity index (χ3n) is 4.07. The van der Waals surface area contributed by atoms with E-state index < -0.39 is 0 Å². The van der Waals surface area contributed by atoms with E-state index in [0.29, 0.717) is 12.1 Å². The van der Waals surface area contributed by atoms with E-state index >= 15 is 0 Å². The Morgan fingerprint density at radius 2 is 1.67 bits per heavy atom. The summed E-state index contributed by atoms with van der Waals surface area (Å²) in [5, 5.41) is 0. The van der Waals surface area contributed by atoms with Crippen LogP contribution in [0.1, 0.15) is 25.0 Å². The van der Waals surface area contributed by atoms with Crippen molar-refractivity contribution in [2.45, 2.75) is 39.8 Å². The molecule has 1 fully saturated rings. The number of anilines is 1. The summed E-state index contributed by atoms with van der Waals surface area (Å²) < 4.78 is 1.23. The normalized spacial score (nSPS) is 25.6. The standard InChI is InChI=1S/C15H23BrN2/c1-10-6-11(2)15(14(16)7-10)18-8-12(3)17(5)13(4)9-18/h6-7,12-13H,8-9H2,1-5H3/t12-,13+. The molecule has 1 aromatic rings. The van der Waals surface area contributed by atoms with Crippen LogP contribution in [0.25, 0.3) is 0 Å². The molecule has 1 aliphatic heterocycles. The molecule has 0 aliphatic carbocycles. The number of nitrogens with zero attached hydrogens (tertiary/aromatic N) is 2. The Morgan fingerprint density at radius 1 is 1.11 bits per heavy atom. The molecule has 18 heavy (non-hydrogen) atoms. The van der Waals surface area contributed by atoms with Crippen LogP contribution in [0.2, 0.25) is 0 Å². The van der Waals surface area contributed by atoms with Crippen LogP contribution >= 0.6 is 15.9 Å². The Hall–Kier alpha value is -0.540. The van der Waals surface area contributed by atoms with Crippen molar-refractivity contribution in [1.82, 2.24) is 4.90 Å². The van der Waals surface area contributed by atoms with Gasteiger partial charge in [0.25, 0.3) is 0 Å². The molecular weight excluding hydrogens is 288 g/mol. The SMILES string of the molecule is Cc1cc(C)c(N2C[C@@H](C)N(C)[C@@H](C)C2)c(Br)c1. The van der Waals surface area contributed by atoms with Gasteiger partial charge >= 0.3 is 0 Å². The number of benzene rings is 1. The quantitative estimate of drug-likeness (QED) is 0.782. The Labute approximate surface area is 119 Å². The molecule has 0 N–H and O–H groups in total. The fourth-order valence-electron chi connectivity index (χ4n) is 2.90. The molecular formula is C15H23BrN2. The van der Waals surface area contributed by atoms with Crippen LogP contribution < -0.4 is 4.90 Å². The third-order valence-corrected chi connectivity index (χ3v) is 4.68. The largest absolute Gasteiger partial charge is 0.367 e. The van der Waals surface area contributed by atoms with Crippen LogP contribution in [-0.2, 0) is 0 Å². The number of hydrogen-bond donors (Lipinski definition) is 0. The zero-order valence-electron chi connectivity index (χ0n) is 12.0. The summed E-state index contributed by atoms with van der Waals surface area (Å²) in [7, 11) is 2.23. The van der Waals surface area contributed by atoms with Gasteiger partial charge in [0.05, 0.1) is 5.69 Å². The Morgan fingerprint density at radius 3 is 2.17 bits per heavy atom. The van der Waals surface area contributed by atoms with Gasteiger partial charge in [0.1, 0.15) is 0 Å². The molecule has 2 nitrogen and oxygen atoms in total. The minimum Gasteiger partial charge on any atom is -0.367 e. The third kappa shape index (κ3) is 2.57. The van der Waals surface area contributed by atoms with E-state index in [1.807, 2.05) is 0 Å². The molecule has 3 heteroatoms. The molecule has 100 valence electrons. The average Bonchev–Trinajstić information content (AvgIpc) is 2.24. The van der Waals surface area contributed by atoms with Crippen molar-refractivity contribution in [2.24, 2.45) is 0 Å². The van der Waals surface area contributed by atoms with Crippen molar-refractivity contribution >= 4 is 21.6 Å². The minimum atomic E-state index is 0.598. The second-order valence-electron chi connectivity index (χ2n) is 5.68. The van der Waals surface area contributed by atoms with Crippen LogP contribution in [0.4, 0.5) is 5.69 Å². The molecule has 0 aromatic heterocycles. The number of aryl methyl sites for hydroxylation is 2. The molecule has 0 bridgehead atoms. The van der Waals surface area contributed by atoms with Gasteiger partial charge in [0.2, 0.25) is 0 Å². The molecule has 0 spiro atoms. The van der Waals surface area contributed by atoms with E-state index in [9.17, 15) is 0 Å². The van der Waals surface area contributed by atoms with Crippen molar-refractivity contribution in [3.8, 4) is 0 Å². The fourth-order valence-corrected chi connectivity index (χ4v) is 3.82. The van der Waals surface area contributed by atoms with E-state index in [0.717, 1.165) is 13.1 Å². The lowest BCUT2D eigenvalue weighted by Gasteiger charge is -2.44. The van der Waals surface area contributed by atoms with Gasteiger partial charge in [-0.3, -0.25) is 4.90 Å². The van der Waals surface area contributed by atoms with Crippen molar-refractivity contribution in [1.29, 1.82) is 0 Å². The van der Waals surface area contributed by atoms with Crippen molar-refractivity contribution in [2.75, 3.05) is 25.0 Å². The number of likely N-dealkylation sites (N-methyl/N-ethyl adjacent to an activating group) is 1. The maximum Gasteiger partial charge on any atom is 0.0541 e. The van der Waals surface area contributed by atoms with E-state index in [2.05, 4.69) is 72.6 Å². The summed E-state index contributed by atoms with van der Waals surface area (Å²) in [6.07, 6.45) is 0. The minimum absolute atomic E-state index is 0.598. The molecule has 1 heterocycles. The van der Waals surface area contributed by atoms with Crippen LogP contribution in [0.3, 0.4) is 0 Å². The molecule has 0 unspecified atom stereocenters. The summed E-state index contributed by atoms with van der Waals surface area (Å²) in [5.41, 5.74) is 4.05. The number of halogens is 1.